The molecule has 2 heteroatoms. The first-order valence-corrected chi connectivity index (χ1v) is 6.91. The van der Waals surface area contributed by atoms with Crippen LogP contribution in [0.3, 0.4) is 0 Å². The Morgan fingerprint density at radius 1 is 1.18 bits per heavy atom. The zero-order valence-electron chi connectivity index (χ0n) is 10.9. The van der Waals surface area contributed by atoms with Gasteiger partial charge in [-0.2, -0.15) is 0 Å². The lowest BCUT2D eigenvalue weighted by molar-refractivity contribution is 0.328. The first kappa shape index (κ1) is 12.4. The summed E-state index contributed by atoms with van der Waals surface area (Å²) in [5.41, 5.74) is 1.38. The zero-order valence-corrected chi connectivity index (χ0v) is 10.9. The predicted octanol–water partition coefficient (Wildman–Crippen LogP) is 2.90. The van der Waals surface area contributed by atoms with E-state index in [9.17, 15) is 0 Å². The van der Waals surface area contributed by atoms with Crippen LogP contribution in [-0.4, -0.2) is 26.2 Å². The van der Waals surface area contributed by atoms with Crippen LogP contribution in [0.15, 0.2) is 30.3 Å². The van der Waals surface area contributed by atoms with Gasteiger partial charge in [-0.1, -0.05) is 31.5 Å². The van der Waals surface area contributed by atoms with Crippen LogP contribution in [0.2, 0.25) is 0 Å². The Morgan fingerprint density at radius 3 is 2.53 bits per heavy atom. The van der Waals surface area contributed by atoms with Crippen molar-refractivity contribution in [3.63, 3.8) is 0 Å². The maximum Gasteiger partial charge on any atom is 0.0366 e. The Morgan fingerprint density at radius 2 is 1.94 bits per heavy atom. The van der Waals surface area contributed by atoms with Crippen LogP contribution in [0, 0.1) is 5.92 Å². The van der Waals surface area contributed by atoms with Gasteiger partial charge in [-0.25, -0.2) is 0 Å². The molecule has 1 aromatic carbocycles. The van der Waals surface area contributed by atoms with Crippen molar-refractivity contribution in [1.29, 1.82) is 0 Å². The molecular formula is C15H24N2. The van der Waals surface area contributed by atoms with Crippen molar-refractivity contribution in [3.05, 3.63) is 30.3 Å². The van der Waals surface area contributed by atoms with Crippen LogP contribution in [0.25, 0.3) is 0 Å². The third kappa shape index (κ3) is 3.74. The largest absolute Gasteiger partial charge is 0.372 e. The molecule has 1 saturated heterocycles. The molecule has 0 bridgehead atoms. The Bertz CT molecular complexity index is 306. The molecule has 17 heavy (non-hydrogen) atoms. The zero-order chi connectivity index (χ0) is 11.9. The van der Waals surface area contributed by atoms with Gasteiger partial charge in [0.1, 0.15) is 0 Å². The second kappa shape index (κ2) is 6.65. The van der Waals surface area contributed by atoms with E-state index in [1.54, 1.807) is 0 Å². The van der Waals surface area contributed by atoms with Gasteiger partial charge in [0.05, 0.1) is 0 Å². The number of hydrogen-bond donors (Lipinski definition) is 1. The van der Waals surface area contributed by atoms with E-state index in [1.165, 1.54) is 51.1 Å². The topological polar surface area (TPSA) is 15.3 Å². The first-order chi connectivity index (χ1) is 8.40. The summed E-state index contributed by atoms with van der Waals surface area (Å²) in [4.78, 5) is 2.54. The molecule has 0 aromatic heterocycles. The van der Waals surface area contributed by atoms with Crippen molar-refractivity contribution in [2.45, 2.75) is 26.2 Å². The van der Waals surface area contributed by atoms with Gasteiger partial charge in [0.2, 0.25) is 0 Å². The highest BCUT2D eigenvalue weighted by Crippen LogP contribution is 2.17. The van der Waals surface area contributed by atoms with Crippen molar-refractivity contribution in [1.82, 2.24) is 5.32 Å². The Kier molecular flexibility index (Phi) is 4.87. The number of rotatable bonds is 7. The molecule has 0 aliphatic carbocycles. The molecule has 94 valence electrons. The van der Waals surface area contributed by atoms with Crippen LogP contribution >= 0.6 is 0 Å². The summed E-state index contributed by atoms with van der Waals surface area (Å²) < 4.78 is 0. The van der Waals surface area contributed by atoms with E-state index < -0.39 is 0 Å². The lowest BCUT2D eigenvalue weighted by atomic mass is 9.99. The van der Waals surface area contributed by atoms with Gasteiger partial charge in [0, 0.05) is 18.8 Å². The van der Waals surface area contributed by atoms with Gasteiger partial charge in [-0.05, 0) is 44.0 Å². The summed E-state index contributed by atoms with van der Waals surface area (Å²) in [6.45, 7) is 7.10. The number of nitrogens with one attached hydrogen (secondary N) is 1. The maximum absolute atomic E-state index is 3.35. The molecule has 0 radical (unpaired) electrons. The number of benzene rings is 1. The van der Waals surface area contributed by atoms with Crippen LogP contribution < -0.4 is 10.2 Å². The smallest absolute Gasteiger partial charge is 0.0366 e. The van der Waals surface area contributed by atoms with Gasteiger partial charge in [-0.3, -0.25) is 0 Å². The van der Waals surface area contributed by atoms with Crippen LogP contribution in [0.1, 0.15) is 26.2 Å². The van der Waals surface area contributed by atoms with Gasteiger partial charge < -0.3 is 10.2 Å². The SMILES string of the molecule is CCCCN(CCC1CNC1)c1ccccc1. The third-order valence-corrected chi connectivity index (χ3v) is 3.58. The summed E-state index contributed by atoms with van der Waals surface area (Å²) >= 11 is 0. The molecule has 2 rings (SSSR count). The highest BCUT2D eigenvalue weighted by molar-refractivity contribution is 5.45. The molecule has 1 heterocycles. The predicted molar refractivity (Wildman–Crippen MR) is 74.5 cm³/mol. The quantitative estimate of drug-likeness (QED) is 0.777. The monoisotopic (exact) mass is 232 g/mol. The molecule has 1 aliphatic rings. The molecule has 2 nitrogen and oxygen atoms in total. The van der Waals surface area contributed by atoms with E-state index in [-0.39, 0.29) is 0 Å². The minimum Gasteiger partial charge on any atom is -0.372 e. The molecule has 0 saturated carbocycles. The molecule has 0 spiro atoms. The Hall–Kier alpha value is -1.02. The van der Waals surface area contributed by atoms with Crippen LogP contribution in [0.4, 0.5) is 5.69 Å². The molecule has 1 aliphatic heterocycles. The Balaban J connectivity index is 1.87. The van der Waals surface area contributed by atoms with E-state index in [0.29, 0.717) is 0 Å². The fourth-order valence-electron chi connectivity index (χ4n) is 2.25. The Labute approximate surface area is 105 Å². The van der Waals surface area contributed by atoms with E-state index in [4.69, 9.17) is 0 Å². The molecule has 0 amide bonds. The minimum atomic E-state index is 0.905. The number of hydrogen-bond acceptors (Lipinski definition) is 2. The summed E-state index contributed by atoms with van der Waals surface area (Å²) in [5, 5.41) is 3.35. The number of para-hydroxylation sites is 1. The van der Waals surface area contributed by atoms with Crippen molar-refractivity contribution >= 4 is 5.69 Å². The number of unbranched alkanes of at least 4 members (excludes halogenated alkanes) is 1. The fraction of sp³-hybridized carbons (Fsp3) is 0.600. The van der Waals surface area contributed by atoms with Gasteiger partial charge in [0.25, 0.3) is 0 Å². The summed E-state index contributed by atoms with van der Waals surface area (Å²) in [5.74, 6) is 0.905. The summed E-state index contributed by atoms with van der Waals surface area (Å²) in [6, 6.07) is 10.8. The second-order valence-electron chi connectivity index (χ2n) is 4.99. The van der Waals surface area contributed by atoms with E-state index in [2.05, 4.69) is 47.5 Å². The lowest BCUT2D eigenvalue weighted by Gasteiger charge is -2.31. The fourth-order valence-corrected chi connectivity index (χ4v) is 2.25. The van der Waals surface area contributed by atoms with Crippen molar-refractivity contribution < 1.29 is 0 Å². The highest BCUT2D eigenvalue weighted by Gasteiger charge is 2.17. The van der Waals surface area contributed by atoms with Gasteiger partial charge >= 0.3 is 0 Å². The van der Waals surface area contributed by atoms with E-state index in [0.717, 1.165) is 5.92 Å². The van der Waals surface area contributed by atoms with E-state index >= 15 is 0 Å². The number of anilines is 1. The normalized spacial score (nSPS) is 15.6. The van der Waals surface area contributed by atoms with Crippen LogP contribution in [0.5, 0.6) is 0 Å². The molecule has 0 atom stereocenters. The van der Waals surface area contributed by atoms with Gasteiger partial charge in [-0.15, -0.1) is 0 Å². The average molecular weight is 232 g/mol. The van der Waals surface area contributed by atoms with Crippen LogP contribution in [-0.2, 0) is 0 Å². The second-order valence-corrected chi connectivity index (χ2v) is 4.99. The minimum absolute atomic E-state index is 0.905. The summed E-state index contributed by atoms with van der Waals surface area (Å²) in [6.07, 6.45) is 3.89. The summed E-state index contributed by atoms with van der Waals surface area (Å²) in [7, 11) is 0. The van der Waals surface area contributed by atoms with E-state index in [1.807, 2.05) is 0 Å². The van der Waals surface area contributed by atoms with Crippen molar-refractivity contribution in [3.8, 4) is 0 Å². The molecule has 1 aromatic rings. The van der Waals surface area contributed by atoms with Gasteiger partial charge in [0.15, 0.2) is 0 Å². The van der Waals surface area contributed by atoms with Crippen molar-refractivity contribution in [2.75, 3.05) is 31.1 Å². The first-order valence-electron chi connectivity index (χ1n) is 6.91. The molecule has 1 N–H and O–H groups in total. The number of nitrogens with zero attached hydrogens (tertiary/aromatic N) is 1. The maximum atomic E-state index is 3.35. The highest BCUT2D eigenvalue weighted by atomic mass is 15.1. The van der Waals surface area contributed by atoms with Crippen molar-refractivity contribution in [2.24, 2.45) is 5.92 Å². The molecule has 0 unspecified atom stereocenters. The standard InChI is InChI=1S/C15H24N2/c1-2-3-10-17(11-9-14-12-16-13-14)15-7-5-4-6-8-15/h4-8,14,16H,2-3,9-13H2,1H3. The lowest BCUT2D eigenvalue weighted by Crippen LogP contribution is -2.43. The third-order valence-electron chi connectivity index (χ3n) is 3.58. The molecular weight excluding hydrogens is 208 g/mol. The molecule has 1 fully saturated rings. The average Bonchev–Trinajstić information content (AvgIpc) is 2.32.